The number of halogens is 2. The Kier molecular flexibility index (Phi) is 9.57. The first-order valence-electron chi connectivity index (χ1n) is 13.0. The third-order valence-corrected chi connectivity index (χ3v) is 7.20. The minimum atomic E-state index is -1.14. The lowest BCUT2D eigenvalue weighted by atomic mass is 10.1. The summed E-state index contributed by atoms with van der Waals surface area (Å²) in [4.78, 5) is 31.0. The van der Waals surface area contributed by atoms with Crippen LogP contribution >= 0.6 is 11.6 Å². The molecule has 1 aliphatic carbocycles. The van der Waals surface area contributed by atoms with E-state index < -0.39 is 23.9 Å². The van der Waals surface area contributed by atoms with Crippen molar-refractivity contribution in [3.63, 3.8) is 0 Å². The molecule has 200 valence electrons. The van der Waals surface area contributed by atoms with Crippen molar-refractivity contribution in [2.45, 2.75) is 70.1 Å². The predicted octanol–water partition coefficient (Wildman–Crippen LogP) is 4.79. The summed E-state index contributed by atoms with van der Waals surface area (Å²) in [5.74, 6) is -0.705. The number of carbonyl (C=O) groups excluding carboxylic acids is 1. The van der Waals surface area contributed by atoms with E-state index in [0.29, 0.717) is 12.6 Å². The van der Waals surface area contributed by atoms with E-state index in [1.54, 1.807) is 0 Å². The van der Waals surface area contributed by atoms with E-state index in [0.717, 1.165) is 69.5 Å². The van der Waals surface area contributed by atoms with Gasteiger partial charge >= 0.3 is 12.1 Å². The van der Waals surface area contributed by atoms with E-state index in [-0.39, 0.29) is 23.6 Å². The monoisotopic (exact) mass is 532 g/mol. The number of hydrogen-bond donors (Lipinski definition) is 3. The number of aliphatic carboxylic acids is 1. The first-order chi connectivity index (χ1) is 17.9. The molecule has 10 heteroatoms. The van der Waals surface area contributed by atoms with Crippen molar-refractivity contribution < 1.29 is 23.8 Å². The van der Waals surface area contributed by atoms with Crippen molar-refractivity contribution in [1.82, 2.24) is 15.2 Å². The number of nitrogens with zero attached hydrogens (tertiary/aromatic N) is 2. The van der Waals surface area contributed by atoms with Gasteiger partial charge in [0, 0.05) is 30.4 Å². The molecule has 0 unspecified atom stereocenters. The Hall–Kier alpha value is -2.91. The number of benzene rings is 1. The largest absolute Gasteiger partial charge is 0.480 e. The molecular formula is C27H34ClFN4O4. The summed E-state index contributed by atoms with van der Waals surface area (Å²) in [5, 5.41) is 15.5. The number of pyridine rings is 1. The van der Waals surface area contributed by atoms with Crippen molar-refractivity contribution in [2.24, 2.45) is 0 Å². The third-order valence-electron chi connectivity index (χ3n) is 6.85. The minimum Gasteiger partial charge on any atom is -0.480 e. The van der Waals surface area contributed by atoms with Crippen molar-refractivity contribution in [2.75, 3.05) is 25.0 Å². The van der Waals surface area contributed by atoms with Gasteiger partial charge in [0.05, 0.1) is 5.02 Å². The highest BCUT2D eigenvalue weighted by Gasteiger charge is 2.30. The molecule has 0 bridgehead atoms. The van der Waals surface area contributed by atoms with Gasteiger partial charge in [0.15, 0.2) is 0 Å². The Morgan fingerprint density at radius 1 is 1.24 bits per heavy atom. The summed E-state index contributed by atoms with van der Waals surface area (Å²) in [6.07, 6.45) is 6.66. The number of hydrogen-bond acceptors (Lipinski definition) is 6. The number of fused-ring (bicyclic) bond motifs is 1. The maximum absolute atomic E-state index is 13.9. The normalized spacial score (nSPS) is 15.5. The molecule has 1 aliphatic heterocycles. The Morgan fingerprint density at radius 3 is 2.84 bits per heavy atom. The number of carboxylic acid groups (broad SMARTS) is 1. The van der Waals surface area contributed by atoms with Crippen LogP contribution in [0.1, 0.15) is 55.3 Å². The molecule has 37 heavy (non-hydrogen) atoms. The lowest BCUT2D eigenvalue weighted by Gasteiger charge is -2.24. The first-order valence-corrected chi connectivity index (χ1v) is 13.3. The Bertz CT molecular complexity index is 1080. The number of nitrogens with one attached hydrogen (secondary N) is 2. The number of rotatable bonds is 13. The third kappa shape index (κ3) is 8.04. The number of carboxylic acids is 1. The van der Waals surface area contributed by atoms with E-state index in [1.807, 2.05) is 0 Å². The maximum atomic E-state index is 13.9. The second kappa shape index (κ2) is 13.1. The van der Waals surface area contributed by atoms with Gasteiger partial charge < -0.3 is 25.4 Å². The van der Waals surface area contributed by atoms with Gasteiger partial charge in [0.1, 0.15) is 24.3 Å². The van der Waals surface area contributed by atoms with Gasteiger partial charge in [-0.15, -0.1) is 0 Å². The maximum Gasteiger partial charge on any atom is 0.408 e. The molecule has 3 N–H and O–H groups in total. The van der Waals surface area contributed by atoms with E-state index >= 15 is 0 Å². The highest BCUT2D eigenvalue weighted by molar-refractivity contribution is 6.31. The van der Waals surface area contributed by atoms with Crippen LogP contribution in [0.2, 0.25) is 5.02 Å². The van der Waals surface area contributed by atoms with Gasteiger partial charge in [0.2, 0.25) is 0 Å². The van der Waals surface area contributed by atoms with Crippen LogP contribution < -0.4 is 10.6 Å². The number of anilines is 1. The van der Waals surface area contributed by atoms with E-state index in [2.05, 4.69) is 27.7 Å². The second-order valence-corrected chi connectivity index (χ2v) is 10.1. The van der Waals surface area contributed by atoms with E-state index in [1.165, 1.54) is 23.8 Å². The van der Waals surface area contributed by atoms with Gasteiger partial charge in [-0.05, 0) is 81.7 Å². The molecule has 2 aromatic rings. The molecule has 8 nitrogen and oxygen atoms in total. The van der Waals surface area contributed by atoms with Crippen LogP contribution in [0.3, 0.4) is 0 Å². The molecule has 2 heterocycles. The van der Waals surface area contributed by atoms with E-state index in [9.17, 15) is 19.1 Å². The number of carbonyl (C=O) groups is 2. The number of amides is 1. The zero-order valence-electron chi connectivity index (χ0n) is 20.8. The van der Waals surface area contributed by atoms with Gasteiger partial charge in [-0.25, -0.2) is 19.0 Å². The fourth-order valence-electron chi connectivity index (χ4n) is 4.59. The number of ether oxygens (including phenoxy) is 1. The molecule has 1 aromatic heterocycles. The average molecular weight is 533 g/mol. The number of unbranched alkanes of at least 4 members (excludes halogenated alkanes) is 1. The van der Waals surface area contributed by atoms with Gasteiger partial charge in [-0.3, -0.25) is 0 Å². The van der Waals surface area contributed by atoms with Gasteiger partial charge in [-0.1, -0.05) is 23.7 Å². The lowest BCUT2D eigenvalue weighted by molar-refractivity contribution is -0.139. The number of aromatic nitrogens is 1. The SMILES string of the molecule is O=C(N[C@@H](CCN(CCCCc1ccc2c(n1)NCCC2)C1CC1)C(=O)O)OCc1c(F)cccc1Cl. The molecular weight excluding hydrogens is 499 g/mol. The van der Waals surface area contributed by atoms with Gasteiger partial charge in [0.25, 0.3) is 0 Å². The van der Waals surface area contributed by atoms with Gasteiger partial charge in [-0.2, -0.15) is 0 Å². The smallest absolute Gasteiger partial charge is 0.408 e. The quantitative estimate of drug-likeness (QED) is 0.319. The van der Waals surface area contributed by atoms with Crippen LogP contribution in [-0.4, -0.2) is 58.8 Å². The van der Waals surface area contributed by atoms with Crippen molar-refractivity contribution in [3.05, 3.63) is 58.0 Å². The van der Waals surface area contributed by atoms with Crippen LogP contribution in [0.15, 0.2) is 30.3 Å². The Labute approximate surface area is 221 Å². The highest BCUT2D eigenvalue weighted by Crippen LogP contribution is 2.28. The molecule has 0 saturated heterocycles. The summed E-state index contributed by atoms with van der Waals surface area (Å²) >= 11 is 5.95. The summed E-state index contributed by atoms with van der Waals surface area (Å²) < 4.78 is 18.9. The summed E-state index contributed by atoms with van der Waals surface area (Å²) in [5.41, 5.74) is 2.43. The van der Waals surface area contributed by atoms with E-state index in [4.69, 9.17) is 21.3 Å². The van der Waals surface area contributed by atoms with Crippen LogP contribution in [0.4, 0.5) is 15.0 Å². The minimum absolute atomic E-state index is 0.0490. The Morgan fingerprint density at radius 2 is 2.08 bits per heavy atom. The Balaban J connectivity index is 1.20. The molecule has 0 spiro atoms. The standard InChI is InChI=1S/C27H34ClFN4O4/c28-22-7-3-8-23(29)21(22)17-37-27(36)32-24(26(34)35)13-16-33(20-11-12-20)15-2-1-6-19-10-9-18-5-4-14-30-25(18)31-19/h3,7-10,20,24H,1-2,4-6,11-17H2,(H,30,31)(H,32,36)(H,34,35)/t24-/m0/s1. The van der Waals surface area contributed by atoms with Crippen molar-refractivity contribution in [3.8, 4) is 0 Å². The van der Waals surface area contributed by atoms with Crippen LogP contribution in [0.25, 0.3) is 0 Å². The first kappa shape index (κ1) is 27.1. The molecule has 2 aliphatic rings. The topological polar surface area (TPSA) is 104 Å². The summed E-state index contributed by atoms with van der Waals surface area (Å²) in [6, 6.07) is 7.83. The predicted molar refractivity (Wildman–Crippen MR) is 139 cm³/mol. The van der Waals surface area contributed by atoms with Crippen LogP contribution in [0.5, 0.6) is 0 Å². The fourth-order valence-corrected chi connectivity index (χ4v) is 4.81. The molecule has 1 saturated carbocycles. The molecule has 0 radical (unpaired) electrons. The average Bonchev–Trinajstić information content (AvgIpc) is 3.72. The second-order valence-electron chi connectivity index (χ2n) is 9.67. The molecule has 1 aromatic carbocycles. The van der Waals surface area contributed by atoms with Crippen molar-refractivity contribution in [1.29, 1.82) is 0 Å². The number of alkyl carbamates (subject to hydrolysis) is 1. The van der Waals surface area contributed by atoms with Crippen molar-refractivity contribution >= 4 is 29.5 Å². The molecule has 4 rings (SSSR count). The zero-order valence-corrected chi connectivity index (χ0v) is 21.6. The fraction of sp³-hybridized carbons (Fsp3) is 0.519. The molecule has 1 amide bonds. The molecule has 1 atom stereocenters. The zero-order chi connectivity index (χ0) is 26.2. The summed E-state index contributed by atoms with van der Waals surface area (Å²) in [6.45, 7) is 2.02. The molecule has 1 fully saturated rings. The van der Waals surface area contributed by atoms with Crippen LogP contribution in [-0.2, 0) is 29.0 Å². The highest BCUT2D eigenvalue weighted by atomic mass is 35.5. The van der Waals surface area contributed by atoms with Crippen LogP contribution in [0, 0.1) is 5.82 Å². The number of aryl methyl sites for hydroxylation is 2. The lowest BCUT2D eigenvalue weighted by Crippen LogP contribution is -2.43. The summed E-state index contributed by atoms with van der Waals surface area (Å²) in [7, 11) is 0.